The second-order valence-electron chi connectivity index (χ2n) is 6.81. The Kier molecular flexibility index (Phi) is 3.67. The first-order valence-electron chi connectivity index (χ1n) is 9.06. The highest BCUT2D eigenvalue weighted by Crippen LogP contribution is 2.27. The van der Waals surface area contributed by atoms with Crippen LogP contribution in [0.2, 0.25) is 0 Å². The summed E-state index contributed by atoms with van der Waals surface area (Å²) in [4.78, 5) is 32.1. The lowest BCUT2D eigenvalue weighted by Gasteiger charge is -2.05. The van der Waals surface area contributed by atoms with Gasteiger partial charge in [0, 0.05) is 24.6 Å². The van der Waals surface area contributed by atoms with E-state index in [4.69, 9.17) is 0 Å². The smallest absolute Gasteiger partial charge is 0.274 e. The van der Waals surface area contributed by atoms with E-state index in [1.54, 1.807) is 12.4 Å². The minimum absolute atomic E-state index is 0.155. The van der Waals surface area contributed by atoms with E-state index in [0.29, 0.717) is 17.0 Å². The van der Waals surface area contributed by atoms with Crippen LogP contribution < -0.4 is 5.56 Å². The molecule has 4 heterocycles. The fraction of sp³-hybridized carbons (Fsp3) is 0.0952. The summed E-state index contributed by atoms with van der Waals surface area (Å²) in [7, 11) is 0. The molecule has 29 heavy (non-hydrogen) atoms. The predicted molar refractivity (Wildman–Crippen MR) is 109 cm³/mol. The Labute approximate surface area is 164 Å². The van der Waals surface area contributed by atoms with Crippen LogP contribution in [-0.2, 0) is 0 Å². The van der Waals surface area contributed by atoms with Crippen molar-refractivity contribution in [3.63, 3.8) is 0 Å². The molecule has 0 amide bonds. The van der Waals surface area contributed by atoms with E-state index in [0.717, 1.165) is 27.7 Å². The van der Waals surface area contributed by atoms with E-state index >= 15 is 0 Å². The first-order chi connectivity index (χ1) is 14.0. The molecule has 0 saturated carbocycles. The number of pyridine rings is 1. The maximum absolute atomic E-state index is 12.7. The van der Waals surface area contributed by atoms with Crippen molar-refractivity contribution >= 4 is 22.5 Å². The number of aromatic nitrogens is 6. The lowest BCUT2D eigenvalue weighted by Crippen LogP contribution is -2.14. The van der Waals surface area contributed by atoms with E-state index in [1.807, 2.05) is 43.3 Å². The van der Waals surface area contributed by atoms with Gasteiger partial charge in [0.1, 0.15) is 5.65 Å². The molecule has 5 aromatic rings. The molecule has 0 spiro atoms. The molecule has 0 unspecified atom stereocenters. The van der Waals surface area contributed by atoms with Crippen molar-refractivity contribution in [3.05, 3.63) is 70.9 Å². The van der Waals surface area contributed by atoms with E-state index < -0.39 is 0 Å². The number of aryl methyl sites for hydroxylation is 1. The standard InChI is InChI=1S/C21H16N6O2/c1-12-20(16-5-3-4-8-22-16)21-24-17(10-19(29)27(21)25-12)14-6-7-18-15(9-14)11-23-26(18)13(2)28/h3-11,24H,1-2H3. The molecule has 0 aliphatic rings. The number of aromatic amines is 1. The second-order valence-corrected chi connectivity index (χ2v) is 6.81. The number of nitrogens with zero attached hydrogens (tertiary/aromatic N) is 5. The summed E-state index contributed by atoms with van der Waals surface area (Å²) in [5.74, 6) is -0.155. The lowest BCUT2D eigenvalue weighted by molar-refractivity contribution is 0.0927. The highest BCUT2D eigenvalue weighted by Gasteiger charge is 2.16. The largest absolute Gasteiger partial charge is 0.339 e. The fourth-order valence-electron chi connectivity index (χ4n) is 3.57. The number of nitrogens with one attached hydrogen (secondary N) is 1. The third-order valence-electron chi connectivity index (χ3n) is 4.89. The molecule has 1 aromatic carbocycles. The number of rotatable bonds is 2. The van der Waals surface area contributed by atoms with Gasteiger partial charge in [-0.1, -0.05) is 12.1 Å². The van der Waals surface area contributed by atoms with Gasteiger partial charge >= 0.3 is 0 Å². The average molecular weight is 384 g/mol. The fourth-order valence-corrected chi connectivity index (χ4v) is 3.57. The molecule has 0 aliphatic carbocycles. The van der Waals surface area contributed by atoms with Crippen molar-refractivity contribution in [1.82, 2.24) is 29.4 Å². The normalized spacial score (nSPS) is 11.4. The van der Waals surface area contributed by atoms with Crippen molar-refractivity contribution in [2.45, 2.75) is 13.8 Å². The van der Waals surface area contributed by atoms with E-state index in [-0.39, 0.29) is 11.5 Å². The Bertz CT molecular complexity index is 1460. The van der Waals surface area contributed by atoms with Crippen molar-refractivity contribution in [1.29, 1.82) is 0 Å². The van der Waals surface area contributed by atoms with Crippen LogP contribution in [0.5, 0.6) is 0 Å². The molecule has 0 fully saturated rings. The van der Waals surface area contributed by atoms with Crippen LogP contribution in [0.4, 0.5) is 0 Å². The summed E-state index contributed by atoms with van der Waals surface area (Å²) in [6, 6.07) is 12.7. The second kappa shape index (κ2) is 6.23. The number of fused-ring (bicyclic) bond motifs is 2. The van der Waals surface area contributed by atoms with Crippen LogP contribution in [0.1, 0.15) is 17.4 Å². The number of carbonyl (C=O) groups is 1. The number of benzene rings is 1. The molecule has 0 radical (unpaired) electrons. The third kappa shape index (κ3) is 2.65. The Morgan fingerprint density at radius 3 is 2.76 bits per heavy atom. The lowest BCUT2D eigenvalue weighted by atomic mass is 10.1. The molecular formula is C21H16N6O2. The summed E-state index contributed by atoms with van der Waals surface area (Å²) in [5, 5.41) is 9.32. The maximum atomic E-state index is 12.7. The summed E-state index contributed by atoms with van der Waals surface area (Å²) in [6.45, 7) is 3.32. The summed E-state index contributed by atoms with van der Waals surface area (Å²) in [6.07, 6.45) is 3.35. The molecule has 8 nitrogen and oxygen atoms in total. The quantitative estimate of drug-likeness (QED) is 0.504. The summed E-state index contributed by atoms with van der Waals surface area (Å²) >= 11 is 0. The molecule has 4 aromatic heterocycles. The van der Waals surface area contributed by atoms with Crippen LogP contribution in [0.25, 0.3) is 39.1 Å². The van der Waals surface area contributed by atoms with Gasteiger partial charge in [-0.05, 0) is 36.8 Å². The molecule has 5 rings (SSSR count). The molecule has 142 valence electrons. The first kappa shape index (κ1) is 17.1. The van der Waals surface area contributed by atoms with E-state index in [2.05, 4.69) is 20.2 Å². The Morgan fingerprint density at radius 1 is 1.14 bits per heavy atom. The average Bonchev–Trinajstić information content (AvgIpc) is 3.29. The van der Waals surface area contributed by atoms with E-state index in [9.17, 15) is 9.59 Å². The van der Waals surface area contributed by atoms with Crippen LogP contribution >= 0.6 is 0 Å². The van der Waals surface area contributed by atoms with Crippen molar-refractivity contribution in [3.8, 4) is 22.5 Å². The van der Waals surface area contributed by atoms with E-state index in [1.165, 1.54) is 22.2 Å². The highest BCUT2D eigenvalue weighted by molar-refractivity contribution is 5.92. The number of hydrogen-bond donors (Lipinski definition) is 1. The van der Waals surface area contributed by atoms with Crippen LogP contribution in [0, 0.1) is 6.92 Å². The molecule has 0 atom stereocenters. The Balaban J connectivity index is 1.73. The van der Waals surface area contributed by atoms with Crippen molar-refractivity contribution < 1.29 is 4.79 Å². The minimum atomic E-state index is -0.237. The van der Waals surface area contributed by atoms with Crippen molar-refractivity contribution in [2.24, 2.45) is 0 Å². The Morgan fingerprint density at radius 2 is 2.00 bits per heavy atom. The van der Waals surface area contributed by atoms with Crippen LogP contribution in [0.3, 0.4) is 0 Å². The van der Waals surface area contributed by atoms with Gasteiger partial charge in [-0.25, -0.2) is 4.68 Å². The zero-order valence-electron chi connectivity index (χ0n) is 15.7. The summed E-state index contributed by atoms with van der Waals surface area (Å²) in [5.41, 5.74) is 4.78. The van der Waals surface area contributed by atoms with Crippen LogP contribution in [0.15, 0.2) is 59.7 Å². The monoisotopic (exact) mass is 384 g/mol. The van der Waals surface area contributed by atoms with Gasteiger partial charge in [-0.3, -0.25) is 14.6 Å². The summed E-state index contributed by atoms with van der Waals surface area (Å²) < 4.78 is 2.71. The van der Waals surface area contributed by atoms with Gasteiger partial charge in [-0.15, -0.1) is 0 Å². The maximum Gasteiger partial charge on any atom is 0.274 e. The molecule has 0 saturated heterocycles. The zero-order valence-corrected chi connectivity index (χ0v) is 15.7. The minimum Gasteiger partial charge on any atom is -0.339 e. The number of hydrogen-bond acceptors (Lipinski definition) is 5. The van der Waals surface area contributed by atoms with Crippen LogP contribution in [-0.4, -0.2) is 35.3 Å². The molecular weight excluding hydrogens is 368 g/mol. The van der Waals surface area contributed by atoms with Gasteiger partial charge in [0.15, 0.2) is 0 Å². The SMILES string of the molecule is CC(=O)n1ncc2cc(-c3cc(=O)n4nc(C)c(-c5ccccn5)c4[nH]3)ccc21. The van der Waals surface area contributed by atoms with Gasteiger partial charge in [0.05, 0.1) is 34.4 Å². The first-order valence-corrected chi connectivity index (χ1v) is 9.06. The molecule has 1 N–H and O–H groups in total. The van der Waals surface area contributed by atoms with Gasteiger partial charge in [0.25, 0.3) is 5.56 Å². The predicted octanol–water partition coefficient (Wildman–Crippen LogP) is 3.07. The topological polar surface area (TPSA) is 97.9 Å². The highest BCUT2D eigenvalue weighted by atomic mass is 16.2. The van der Waals surface area contributed by atoms with Crippen molar-refractivity contribution in [2.75, 3.05) is 0 Å². The molecule has 8 heteroatoms. The van der Waals surface area contributed by atoms with Gasteiger partial charge in [0.2, 0.25) is 5.91 Å². The van der Waals surface area contributed by atoms with Gasteiger partial charge in [-0.2, -0.15) is 14.7 Å². The van der Waals surface area contributed by atoms with Gasteiger partial charge < -0.3 is 4.98 Å². The Hall–Kier alpha value is -4.07. The third-order valence-corrected chi connectivity index (χ3v) is 4.89. The number of H-pyrrole nitrogens is 1. The number of carbonyl (C=O) groups excluding carboxylic acids is 1. The molecule has 0 aliphatic heterocycles. The zero-order chi connectivity index (χ0) is 20.1. The molecule has 0 bridgehead atoms.